The molecule has 28 heavy (non-hydrogen) atoms. The van der Waals surface area contributed by atoms with Crippen LogP contribution >= 0.6 is 0 Å². The fraction of sp³-hybridized carbons (Fsp3) is 0.533. The Bertz CT molecular complexity index is 801. The highest BCUT2D eigenvalue weighted by Crippen LogP contribution is 2.72. The molecule has 0 heterocycles. The maximum absolute atomic E-state index is 15.2. The molecule has 1 saturated carbocycles. The van der Waals surface area contributed by atoms with E-state index in [-0.39, 0.29) is 0 Å². The maximum Gasteiger partial charge on any atom is 0.384 e. The highest BCUT2D eigenvalue weighted by Gasteiger charge is 3.02. The third kappa shape index (κ3) is 2.00. The standard InChI is InChI=1S/C15H6F11O2/c1-6-2-3-7(4-27)8(5-28)9(6)10(16)11(17,18)13(21,22)15(25,26)14(23,24)12(10,19)20/h2-3,9H,1H3. The van der Waals surface area contributed by atoms with Gasteiger partial charge >= 0.3 is 29.6 Å². The predicted octanol–water partition coefficient (Wildman–Crippen LogP) is 4.26. The Labute approximate surface area is 148 Å². The van der Waals surface area contributed by atoms with E-state index in [0.29, 0.717) is 25.0 Å². The summed E-state index contributed by atoms with van der Waals surface area (Å²) in [4.78, 5) is 21.7. The Hall–Kier alpha value is -2.17. The van der Waals surface area contributed by atoms with E-state index >= 15 is 4.39 Å². The minimum atomic E-state index is -7.37. The number of halogens is 11. The molecule has 0 bridgehead atoms. The van der Waals surface area contributed by atoms with E-state index in [0.717, 1.165) is 6.29 Å². The van der Waals surface area contributed by atoms with Gasteiger partial charge in [0.05, 0.1) is 11.5 Å². The molecule has 0 aliphatic heterocycles. The third-order valence-electron chi connectivity index (χ3n) is 4.66. The van der Waals surface area contributed by atoms with Crippen LogP contribution in [0, 0.1) is 5.92 Å². The fourth-order valence-electron chi connectivity index (χ4n) is 3.11. The molecule has 2 rings (SSSR count). The van der Waals surface area contributed by atoms with Gasteiger partial charge in [-0.25, -0.2) is 9.18 Å². The van der Waals surface area contributed by atoms with Gasteiger partial charge in [-0.05, 0) is 13.0 Å². The summed E-state index contributed by atoms with van der Waals surface area (Å²) in [5.41, 5.74) is -10.6. The lowest BCUT2D eigenvalue weighted by Crippen LogP contribution is -2.85. The van der Waals surface area contributed by atoms with Gasteiger partial charge in [0.1, 0.15) is 5.94 Å². The van der Waals surface area contributed by atoms with Crippen LogP contribution in [0.3, 0.4) is 0 Å². The average molecular weight is 427 g/mol. The summed E-state index contributed by atoms with van der Waals surface area (Å²) in [7, 11) is 0. The van der Waals surface area contributed by atoms with Crippen LogP contribution < -0.4 is 0 Å². The van der Waals surface area contributed by atoms with Crippen LogP contribution in [-0.4, -0.2) is 47.5 Å². The summed E-state index contributed by atoms with van der Waals surface area (Å²) in [6.45, 7) is 0.497. The summed E-state index contributed by atoms with van der Waals surface area (Å²) in [6.07, 6.45) is 1.75. The first-order valence-electron chi connectivity index (χ1n) is 7.01. The van der Waals surface area contributed by atoms with Crippen LogP contribution in [0.1, 0.15) is 6.92 Å². The summed E-state index contributed by atoms with van der Waals surface area (Å²) >= 11 is 0. The van der Waals surface area contributed by atoms with Crippen LogP contribution in [-0.2, 0) is 9.59 Å². The number of alkyl halides is 11. The zero-order valence-electron chi connectivity index (χ0n) is 13.2. The predicted molar refractivity (Wildman–Crippen MR) is 68.8 cm³/mol. The summed E-state index contributed by atoms with van der Waals surface area (Å²) in [5, 5.41) is 0. The molecule has 1 fully saturated rings. The largest absolute Gasteiger partial charge is 0.384 e. The van der Waals surface area contributed by atoms with Crippen molar-refractivity contribution in [3.8, 4) is 0 Å². The summed E-state index contributed by atoms with van der Waals surface area (Å²) in [6, 6.07) is 0. The first-order chi connectivity index (χ1) is 12.4. The zero-order chi connectivity index (χ0) is 22.1. The lowest BCUT2D eigenvalue weighted by atomic mass is 9.61. The van der Waals surface area contributed by atoms with E-state index in [1.807, 2.05) is 0 Å². The molecule has 0 amide bonds. The second-order valence-electron chi connectivity index (χ2n) is 6.13. The van der Waals surface area contributed by atoms with E-state index in [1.54, 1.807) is 0 Å². The van der Waals surface area contributed by atoms with Crippen molar-refractivity contribution < 1.29 is 57.9 Å². The van der Waals surface area contributed by atoms with E-state index in [4.69, 9.17) is 0 Å². The van der Waals surface area contributed by atoms with Crippen LogP contribution in [0.15, 0.2) is 28.9 Å². The quantitative estimate of drug-likeness (QED) is 0.488. The topological polar surface area (TPSA) is 34.1 Å². The molecule has 0 aromatic heterocycles. The number of rotatable bonds is 2. The van der Waals surface area contributed by atoms with Gasteiger partial charge in [-0.15, -0.1) is 0 Å². The van der Waals surface area contributed by atoms with Crippen molar-refractivity contribution in [2.45, 2.75) is 42.2 Å². The van der Waals surface area contributed by atoms with Crippen molar-refractivity contribution in [1.82, 2.24) is 0 Å². The van der Waals surface area contributed by atoms with Gasteiger partial charge in [0.25, 0.3) is 5.67 Å². The molecule has 2 aliphatic carbocycles. The fourth-order valence-corrected chi connectivity index (χ4v) is 3.11. The van der Waals surface area contributed by atoms with Gasteiger partial charge in [-0.1, -0.05) is 11.6 Å². The van der Waals surface area contributed by atoms with Crippen molar-refractivity contribution in [1.29, 1.82) is 0 Å². The van der Waals surface area contributed by atoms with Crippen LogP contribution in [0.4, 0.5) is 48.3 Å². The molecule has 1 unspecified atom stereocenters. The smallest absolute Gasteiger partial charge is 0.285 e. The molecule has 13 heteroatoms. The van der Waals surface area contributed by atoms with Gasteiger partial charge in [-0.2, -0.15) is 43.9 Å². The first kappa shape index (κ1) is 22.1. The lowest BCUT2D eigenvalue weighted by molar-refractivity contribution is -0.488. The second kappa shape index (κ2) is 5.68. The Morgan fingerprint density at radius 2 is 1.11 bits per heavy atom. The number of carbonyl (C=O) groups excluding carboxylic acids is 2. The highest BCUT2D eigenvalue weighted by atomic mass is 19.4. The van der Waals surface area contributed by atoms with Gasteiger partial charge in [0.15, 0.2) is 0 Å². The van der Waals surface area contributed by atoms with E-state index < -0.39 is 57.9 Å². The minimum Gasteiger partial charge on any atom is -0.285 e. The van der Waals surface area contributed by atoms with Gasteiger partial charge in [-0.3, -0.25) is 4.79 Å². The van der Waals surface area contributed by atoms with Gasteiger partial charge in [0, 0.05) is 5.57 Å². The van der Waals surface area contributed by atoms with Crippen molar-refractivity contribution in [2.75, 3.05) is 0 Å². The summed E-state index contributed by atoms with van der Waals surface area (Å²) < 4.78 is 153. The number of hydrogen-bond acceptors (Lipinski definition) is 2. The van der Waals surface area contributed by atoms with E-state index in [1.165, 1.54) is 0 Å². The normalized spacial score (nSPS) is 31.3. The SMILES string of the molecule is CC1=CC=C([C]=O)C(=C=O)C1C1(F)C(F)(F)C(F)(F)C(F)(F)C(F)(F)C1(F)F. The van der Waals surface area contributed by atoms with Crippen LogP contribution in [0.25, 0.3) is 0 Å². The first-order valence-corrected chi connectivity index (χ1v) is 7.01. The zero-order valence-corrected chi connectivity index (χ0v) is 13.2. The second-order valence-corrected chi connectivity index (χ2v) is 6.13. The molecule has 1 atom stereocenters. The molecule has 0 aromatic rings. The van der Waals surface area contributed by atoms with E-state index in [2.05, 4.69) is 0 Å². The molecule has 0 N–H and O–H groups in total. The highest BCUT2D eigenvalue weighted by molar-refractivity contribution is 5.88. The Morgan fingerprint density at radius 3 is 1.46 bits per heavy atom. The molecular formula is C15H6F11O2. The summed E-state index contributed by atoms with van der Waals surface area (Å²) in [5.74, 6) is -39.3. The number of hydrogen-bond donors (Lipinski definition) is 0. The monoisotopic (exact) mass is 427 g/mol. The Morgan fingerprint density at radius 1 is 0.714 bits per heavy atom. The Balaban J connectivity index is 2.98. The Kier molecular flexibility index (Phi) is 4.49. The molecule has 155 valence electrons. The van der Waals surface area contributed by atoms with Crippen molar-refractivity contribution in [3.05, 3.63) is 28.9 Å². The molecule has 0 saturated heterocycles. The minimum absolute atomic E-state index is 0.405. The molecule has 2 nitrogen and oxygen atoms in total. The lowest BCUT2D eigenvalue weighted by Gasteiger charge is -2.55. The third-order valence-corrected chi connectivity index (χ3v) is 4.66. The molecular weight excluding hydrogens is 421 g/mol. The van der Waals surface area contributed by atoms with Gasteiger partial charge in [0.2, 0.25) is 6.29 Å². The molecule has 0 spiro atoms. The number of allylic oxidation sites excluding steroid dienone is 5. The molecule has 2 aliphatic rings. The average Bonchev–Trinajstić information content (AvgIpc) is 2.58. The van der Waals surface area contributed by atoms with Crippen molar-refractivity contribution in [3.63, 3.8) is 0 Å². The molecule has 0 aromatic carbocycles. The van der Waals surface area contributed by atoms with Crippen molar-refractivity contribution >= 4 is 12.2 Å². The van der Waals surface area contributed by atoms with Crippen LogP contribution in [0.2, 0.25) is 0 Å². The van der Waals surface area contributed by atoms with Crippen molar-refractivity contribution in [2.24, 2.45) is 5.92 Å². The molecule has 1 radical (unpaired) electrons. The van der Waals surface area contributed by atoms with E-state index in [9.17, 15) is 53.5 Å². The van der Waals surface area contributed by atoms with Crippen LogP contribution in [0.5, 0.6) is 0 Å². The van der Waals surface area contributed by atoms with Gasteiger partial charge < -0.3 is 0 Å². The maximum atomic E-state index is 15.2.